The average molecular weight is 339 g/mol. The van der Waals surface area contributed by atoms with Gasteiger partial charge in [-0.1, -0.05) is 12.1 Å². The van der Waals surface area contributed by atoms with Gasteiger partial charge < -0.3 is 25.0 Å². The molecule has 1 atom stereocenters. The summed E-state index contributed by atoms with van der Waals surface area (Å²) < 4.78 is 23.6. The molecular formula is C18H26FNO4. The van der Waals surface area contributed by atoms with Crippen LogP contribution in [0.1, 0.15) is 24.8 Å². The molecule has 2 saturated heterocycles. The van der Waals surface area contributed by atoms with Crippen molar-refractivity contribution in [2.75, 3.05) is 33.0 Å². The van der Waals surface area contributed by atoms with Crippen molar-refractivity contribution in [3.8, 4) is 0 Å². The summed E-state index contributed by atoms with van der Waals surface area (Å²) in [5.74, 6) is -0.237. The largest absolute Gasteiger partial charge is 0.392 e. The predicted octanol–water partition coefficient (Wildman–Crippen LogP) is 1.02. The van der Waals surface area contributed by atoms with Crippen LogP contribution in [0.4, 0.5) is 4.39 Å². The molecule has 0 radical (unpaired) electrons. The Morgan fingerprint density at radius 3 is 2.38 bits per heavy atom. The Hall–Kier alpha value is -1.05. The first-order chi connectivity index (χ1) is 11.5. The number of rotatable bonds is 7. The molecule has 0 bridgehead atoms. The van der Waals surface area contributed by atoms with Gasteiger partial charge in [0.05, 0.1) is 19.3 Å². The lowest BCUT2D eigenvalue weighted by molar-refractivity contribution is -0.192. The summed E-state index contributed by atoms with van der Waals surface area (Å²) in [6, 6.07) is 6.56. The van der Waals surface area contributed by atoms with Gasteiger partial charge in [-0.15, -0.1) is 0 Å². The van der Waals surface area contributed by atoms with Crippen molar-refractivity contribution >= 4 is 0 Å². The summed E-state index contributed by atoms with van der Waals surface area (Å²) >= 11 is 0. The van der Waals surface area contributed by atoms with E-state index in [-0.39, 0.29) is 11.4 Å². The Morgan fingerprint density at radius 1 is 1.12 bits per heavy atom. The van der Waals surface area contributed by atoms with E-state index in [4.69, 9.17) is 9.47 Å². The lowest BCUT2D eigenvalue weighted by atomic mass is 9.83. The van der Waals surface area contributed by atoms with E-state index in [0.717, 1.165) is 24.8 Å². The van der Waals surface area contributed by atoms with Crippen LogP contribution in [0.15, 0.2) is 24.3 Å². The molecule has 5 nitrogen and oxygen atoms in total. The fourth-order valence-corrected chi connectivity index (χ4v) is 3.47. The van der Waals surface area contributed by atoms with E-state index in [9.17, 15) is 14.6 Å². The third-order valence-corrected chi connectivity index (χ3v) is 4.98. The van der Waals surface area contributed by atoms with Crippen LogP contribution in [0, 0.1) is 5.82 Å². The standard InChI is InChI=1S/C18H26FNO4/c19-15-3-1-14(2-4-15)9-17(5-7-23-8-6-17)20-11-16(21)10-18(22)12-24-13-18/h1-4,16,20-22H,5-13H2. The van der Waals surface area contributed by atoms with Crippen LogP contribution in [0.3, 0.4) is 0 Å². The van der Waals surface area contributed by atoms with Crippen molar-refractivity contribution in [1.82, 2.24) is 5.32 Å². The highest BCUT2D eigenvalue weighted by Gasteiger charge is 2.39. The van der Waals surface area contributed by atoms with Crippen LogP contribution >= 0.6 is 0 Å². The van der Waals surface area contributed by atoms with Crippen LogP contribution in [0.5, 0.6) is 0 Å². The van der Waals surface area contributed by atoms with E-state index in [1.165, 1.54) is 12.1 Å². The normalized spacial score (nSPS) is 23.5. The topological polar surface area (TPSA) is 71.0 Å². The van der Waals surface area contributed by atoms with Crippen molar-refractivity contribution in [1.29, 1.82) is 0 Å². The van der Waals surface area contributed by atoms with E-state index in [2.05, 4.69) is 5.32 Å². The molecule has 0 aliphatic carbocycles. The van der Waals surface area contributed by atoms with Crippen LogP contribution in [-0.4, -0.2) is 60.4 Å². The third-order valence-electron chi connectivity index (χ3n) is 4.98. The van der Waals surface area contributed by atoms with Crippen molar-refractivity contribution in [3.63, 3.8) is 0 Å². The van der Waals surface area contributed by atoms with Crippen molar-refractivity contribution < 1.29 is 24.1 Å². The molecule has 1 aromatic carbocycles. The van der Waals surface area contributed by atoms with E-state index < -0.39 is 11.7 Å². The fraction of sp³-hybridized carbons (Fsp3) is 0.667. The Morgan fingerprint density at radius 2 is 1.79 bits per heavy atom. The second-order valence-corrected chi connectivity index (χ2v) is 7.15. The first-order valence-electron chi connectivity index (χ1n) is 8.54. The summed E-state index contributed by atoms with van der Waals surface area (Å²) in [6.07, 6.45) is 2.11. The van der Waals surface area contributed by atoms with Gasteiger partial charge in [0, 0.05) is 31.7 Å². The van der Waals surface area contributed by atoms with Gasteiger partial charge in [0.1, 0.15) is 11.4 Å². The minimum atomic E-state index is -0.888. The number of ether oxygens (including phenoxy) is 2. The van der Waals surface area contributed by atoms with Crippen LogP contribution < -0.4 is 5.32 Å². The summed E-state index contributed by atoms with van der Waals surface area (Å²) in [4.78, 5) is 0. The first kappa shape index (κ1) is 17.8. The molecule has 0 amide bonds. The average Bonchev–Trinajstić information content (AvgIpc) is 2.55. The minimum absolute atomic E-state index is 0.171. The van der Waals surface area contributed by atoms with Gasteiger partial charge in [-0.2, -0.15) is 0 Å². The molecule has 0 aromatic heterocycles. The van der Waals surface area contributed by atoms with E-state index in [0.29, 0.717) is 39.4 Å². The number of aliphatic hydroxyl groups is 2. The smallest absolute Gasteiger partial charge is 0.123 e. The monoisotopic (exact) mass is 339 g/mol. The molecular weight excluding hydrogens is 313 g/mol. The van der Waals surface area contributed by atoms with E-state index in [1.54, 1.807) is 12.1 Å². The van der Waals surface area contributed by atoms with Gasteiger partial charge in [0.25, 0.3) is 0 Å². The number of halogens is 1. The van der Waals surface area contributed by atoms with Crippen molar-refractivity contribution in [2.24, 2.45) is 0 Å². The predicted molar refractivity (Wildman–Crippen MR) is 87.3 cm³/mol. The number of benzene rings is 1. The molecule has 3 N–H and O–H groups in total. The highest BCUT2D eigenvalue weighted by Crippen LogP contribution is 2.27. The molecule has 0 spiro atoms. The molecule has 1 aromatic rings. The molecule has 24 heavy (non-hydrogen) atoms. The second kappa shape index (κ2) is 7.45. The summed E-state index contributed by atoms with van der Waals surface area (Å²) in [6.45, 7) is 2.32. The van der Waals surface area contributed by atoms with Crippen molar-refractivity contribution in [2.45, 2.75) is 42.9 Å². The highest BCUT2D eigenvalue weighted by molar-refractivity contribution is 5.19. The van der Waals surface area contributed by atoms with E-state index >= 15 is 0 Å². The highest BCUT2D eigenvalue weighted by atomic mass is 19.1. The molecule has 3 rings (SSSR count). The molecule has 6 heteroatoms. The van der Waals surface area contributed by atoms with Crippen LogP contribution in [-0.2, 0) is 15.9 Å². The Kier molecular flexibility index (Phi) is 5.52. The van der Waals surface area contributed by atoms with Gasteiger partial charge in [-0.05, 0) is 37.0 Å². The number of β-amino-alcohol motifs (C(OH)–C–C–N with tert-alkyl or cyclic N) is 1. The van der Waals surface area contributed by atoms with Gasteiger partial charge in [0.2, 0.25) is 0 Å². The molecule has 134 valence electrons. The Balaban J connectivity index is 1.59. The summed E-state index contributed by atoms with van der Waals surface area (Å²) in [5.41, 5.74) is 0.00255. The van der Waals surface area contributed by atoms with Gasteiger partial charge in [-0.25, -0.2) is 4.39 Å². The molecule has 0 saturated carbocycles. The van der Waals surface area contributed by atoms with Crippen LogP contribution in [0.25, 0.3) is 0 Å². The van der Waals surface area contributed by atoms with Gasteiger partial charge in [-0.3, -0.25) is 0 Å². The Labute approximate surface area is 141 Å². The van der Waals surface area contributed by atoms with Gasteiger partial charge >= 0.3 is 0 Å². The lowest BCUT2D eigenvalue weighted by Gasteiger charge is -2.41. The van der Waals surface area contributed by atoms with Crippen LogP contribution in [0.2, 0.25) is 0 Å². The van der Waals surface area contributed by atoms with E-state index in [1.807, 2.05) is 0 Å². The molecule has 2 aliphatic heterocycles. The molecule has 2 heterocycles. The maximum absolute atomic E-state index is 13.1. The fourth-order valence-electron chi connectivity index (χ4n) is 3.47. The molecule has 2 aliphatic rings. The number of hydrogen-bond acceptors (Lipinski definition) is 5. The zero-order valence-electron chi connectivity index (χ0n) is 13.8. The number of nitrogens with one attached hydrogen (secondary N) is 1. The number of aliphatic hydroxyl groups excluding tert-OH is 1. The molecule has 2 fully saturated rings. The third kappa shape index (κ3) is 4.52. The maximum Gasteiger partial charge on any atom is 0.123 e. The summed E-state index contributed by atoms with van der Waals surface area (Å²) in [7, 11) is 0. The number of hydrogen-bond donors (Lipinski definition) is 3. The quantitative estimate of drug-likeness (QED) is 0.692. The second-order valence-electron chi connectivity index (χ2n) is 7.15. The lowest BCUT2D eigenvalue weighted by Crippen LogP contribution is -2.56. The molecule has 1 unspecified atom stereocenters. The zero-order valence-corrected chi connectivity index (χ0v) is 13.8. The first-order valence-corrected chi connectivity index (χ1v) is 8.54. The summed E-state index contributed by atoms with van der Waals surface area (Å²) in [5, 5.41) is 23.8. The SMILES string of the molecule is OC(CNC1(Cc2ccc(F)cc2)CCOCC1)CC1(O)COC1. The Bertz CT molecular complexity index is 526. The zero-order chi connectivity index (χ0) is 17.0. The maximum atomic E-state index is 13.1. The van der Waals surface area contributed by atoms with Gasteiger partial charge in [0.15, 0.2) is 0 Å². The van der Waals surface area contributed by atoms with Crippen molar-refractivity contribution in [3.05, 3.63) is 35.6 Å². The minimum Gasteiger partial charge on any atom is -0.392 e.